The van der Waals surface area contributed by atoms with Crippen LogP contribution in [0.4, 0.5) is 8.78 Å². The molecule has 1 aliphatic heterocycles. The van der Waals surface area contributed by atoms with Crippen LogP contribution in [0.1, 0.15) is 42.7 Å². The van der Waals surface area contributed by atoms with E-state index in [1.165, 1.54) is 24.3 Å². The lowest BCUT2D eigenvalue weighted by Gasteiger charge is -2.28. The second-order valence-electron chi connectivity index (χ2n) is 8.81. The van der Waals surface area contributed by atoms with E-state index in [4.69, 9.17) is 24.6 Å². The minimum Gasteiger partial charge on any atom is -0.473 e. The van der Waals surface area contributed by atoms with Gasteiger partial charge in [-0.3, -0.25) is 0 Å². The standard InChI is InChI=1S/C27H28F2N2O.C2H2O4/c28-23-12-8-21(9-13-23)27(22-10-14-24(29)15-11-22)7-4-18-31-19-16-25(17-20-31)30-32-26-5-2-1-3-6-26;3-1(4)2(5)6/h1-3,5-6,8-15,27H,4,7,16-20H2;(H,3,4)(H,5,6). The van der Waals surface area contributed by atoms with Crippen molar-refractivity contribution in [2.45, 2.75) is 31.6 Å². The lowest BCUT2D eigenvalue weighted by Crippen LogP contribution is -2.34. The number of hydrogen-bond acceptors (Lipinski definition) is 5. The summed E-state index contributed by atoms with van der Waals surface area (Å²) >= 11 is 0. The SMILES string of the molecule is Fc1ccc(C(CCCN2CCC(=NOc3ccccc3)CC2)c2ccc(F)cc2)cc1.O=C(O)C(=O)O. The minimum atomic E-state index is -1.82. The average Bonchev–Trinajstić information content (AvgIpc) is 2.93. The third kappa shape index (κ3) is 9.40. The number of carboxylic acids is 2. The molecule has 0 unspecified atom stereocenters. The summed E-state index contributed by atoms with van der Waals surface area (Å²) < 4.78 is 26.8. The predicted molar refractivity (Wildman–Crippen MR) is 139 cm³/mol. The summed E-state index contributed by atoms with van der Waals surface area (Å²) in [5, 5.41) is 19.1. The molecule has 0 aliphatic carbocycles. The smallest absolute Gasteiger partial charge is 0.414 e. The Kier molecular flexibility index (Phi) is 10.9. The van der Waals surface area contributed by atoms with E-state index < -0.39 is 11.9 Å². The highest BCUT2D eigenvalue weighted by molar-refractivity contribution is 6.27. The van der Waals surface area contributed by atoms with Crippen LogP contribution in [-0.4, -0.2) is 52.4 Å². The summed E-state index contributed by atoms with van der Waals surface area (Å²) in [6.07, 6.45) is 3.75. The van der Waals surface area contributed by atoms with Crippen molar-refractivity contribution in [1.82, 2.24) is 4.90 Å². The van der Waals surface area contributed by atoms with Gasteiger partial charge in [0.25, 0.3) is 0 Å². The number of rotatable bonds is 8. The molecule has 2 N–H and O–H groups in total. The molecule has 0 bridgehead atoms. The Morgan fingerprint density at radius 2 is 1.32 bits per heavy atom. The molecule has 7 nitrogen and oxygen atoms in total. The molecule has 4 rings (SSSR count). The first kappa shape index (κ1) is 28.5. The molecule has 0 amide bonds. The number of likely N-dealkylation sites (tertiary alicyclic amines) is 1. The van der Waals surface area contributed by atoms with Gasteiger partial charge in [-0.2, -0.15) is 0 Å². The maximum atomic E-state index is 13.4. The molecule has 0 aromatic heterocycles. The van der Waals surface area contributed by atoms with Crippen LogP contribution in [0.15, 0.2) is 84.0 Å². The van der Waals surface area contributed by atoms with Crippen molar-refractivity contribution >= 4 is 17.7 Å². The van der Waals surface area contributed by atoms with E-state index in [1.54, 1.807) is 0 Å². The zero-order valence-electron chi connectivity index (χ0n) is 20.8. The number of nitrogens with zero attached hydrogens (tertiary/aromatic N) is 2. The van der Waals surface area contributed by atoms with E-state index in [0.717, 1.165) is 67.9 Å². The van der Waals surface area contributed by atoms with Crippen molar-refractivity contribution in [3.8, 4) is 5.75 Å². The molecule has 9 heteroatoms. The van der Waals surface area contributed by atoms with Crippen LogP contribution in [0, 0.1) is 11.6 Å². The minimum absolute atomic E-state index is 0.123. The van der Waals surface area contributed by atoms with Crippen LogP contribution < -0.4 is 4.84 Å². The first-order chi connectivity index (χ1) is 18.3. The van der Waals surface area contributed by atoms with E-state index in [0.29, 0.717) is 0 Å². The fraction of sp³-hybridized carbons (Fsp3) is 0.276. The van der Waals surface area contributed by atoms with E-state index in [2.05, 4.69) is 10.1 Å². The Hall–Kier alpha value is -4.11. The van der Waals surface area contributed by atoms with Gasteiger partial charge in [0.1, 0.15) is 11.6 Å². The first-order valence-electron chi connectivity index (χ1n) is 12.3. The Morgan fingerprint density at radius 3 is 1.79 bits per heavy atom. The topological polar surface area (TPSA) is 99.4 Å². The summed E-state index contributed by atoms with van der Waals surface area (Å²) in [5.74, 6) is -3.25. The molecule has 3 aromatic carbocycles. The number of hydrogen-bond donors (Lipinski definition) is 2. The van der Waals surface area contributed by atoms with Crippen LogP contribution in [-0.2, 0) is 9.59 Å². The second-order valence-corrected chi connectivity index (χ2v) is 8.81. The number of aliphatic carboxylic acids is 2. The van der Waals surface area contributed by atoms with Gasteiger partial charge in [-0.15, -0.1) is 0 Å². The van der Waals surface area contributed by atoms with Crippen molar-refractivity contribution in [2.24, 2.45) is 5.16 Å². The summed E-state index contributed by atoms with van der Waals surface area (Å²) in [4.78, 5) is 26.2. The monoisotopic (exact) mass is 524 g/mol. The third-order valence-corrected chi connectivity index (χ3v) is 6.15. The van der Waals surface area contributed by atoms with Gasteiger partial charge in [0, 0.05) is 31.8 Å². The summed E-state index contributed by atoms with van der Waals surface area (Å²) in [7, 11) is 0. The van der Waals surface area contributed by atoms with Crippen LogP contribution in [0.3, 0.4) is 0 Å². The van der Waals surface area contributed by atoms with Gasteiger partial charge in [-0.25, -0.2) is 18.4 Å². The fourth-order valence-electron chi connectivity index (χ4n) is 4.16. The average molecular weight is 525 g/mol. The molecule has 1 aliphatic rings. The van der Waals surface area contributed by atoms with Gasteiger partial charge in [0.2, 0.25) is 0 Å². The lowest BCUT2D eigenvalue weighted by atomic mass is 9.87. The molecule has 1 saturated heterocycles. The van der Waals surface area contributed by atoms with Gasteiger partial charge in [0.05, 0.1) is 5.71 Å². The quantitative estimate of drug-likeness (QED) is 0.296. The lowest BCUT2D eigenvalue weighted by molar-refractivity contribution is -0.159. The molecule has 200 valence electrons. The maximum Gasteiger partial charge on any atom is 0.414 e. The Bertz CT molecular complexity index is 1130. The summed E-state index contributed by atoms with van der Waals surface area (Å²) in [6.45, 7) is 2.93. The number of carboxylic acid groups (broad SMARTS) is 2. The molecule has 0 atom stereocenters. The zero-order valence-corrected chi connectivity index (χ0v) is 20.8. The van der Waals surface area contributed by atoms with Crippen molar-refractivity contribution in [2.75, 3.05) is 19.6 Å². The Labute approximate surface area is 220 Å². The van der Waals surface area contributed by atoms with E-state index >= 15 is 0 Å². The van der Waals surface area contributed by atoms with Gasteiger partial charge in [-0.1, -0.05) is 47.6 Å². The number of benzene rings is 3. The van der Waals surface area contributed by atoms with Crippen molar-refractivity contribution < 1.29 is 33.4 Å². The molecular formula is C29H30F2N2O5. The van der Waals surface area contributed by atoms with Crippen LogP contribution in [0.2, 0.25) is 0 Å². The highest BCUT2D eigenvalue weighted by atomic mass is 19.1. The third-order valence-electron chi connectivity index (χ3n) is 6.15. The van der Waals surface area contributed by atoms with E-state index in [9.17, 15) is 8.78 Å². The normalized spacial score (nSPS) is 13.4. The molecule has 1 fully saturated rings. The molecule has 3 aromatic rings. The largest absolute Gasteiger partial charge is 0.473 e. The number of para-hydroxylation sites is 1. The summed E-state index contributed by atoms with van der Waals surface area (Å²) in [6, 6.07) is 22.9. The van der Waals surface area contributed by atoms with Crippen molar-refractivity contribution in [1.29, 1.82) is 0 Å². The number of halogens is 2. The molecule has 38 heavy (non-hydrogen) atoms. The number of carbonyl (C=O) groups is 2. The maximum absolute atomic E-state index is 13.4. The van der Waals surface area contributed by atoms with Gasteiger partial charge in [-0.05, 0) is 66.9 Å². The van der Waals surface area contributed by atoms with Crippen molar-refractivity contribution in [3.05, 3.63) is 102 Å². The number of piperidine rings is 1. The zero-order chi connectivity index (χ0) is 27.3. The van der Waals surface area contributed by atoms with Crippen LogP contribution in [0.25, 0.3) is 0 Å². The highest BCUT2D eigenvalue weighted by Crippen LogP contribution is 2.30. The second kappa shape index (κ2) is 14.6. The van der Waals surface area contributed by atoms with E-state index in [1.807, 2.05) is 54.6 Å². The van der Waals surface area contributed by atoms with Gasteiger partial charge >= 0.3 is 11.9 Å². The molecular weight excluding hydrogens is 494 g/mol. The van der Waals surface area contributed by atoms with Gasteiger partial charge in [0.15, 0.2) is 5.75 Å². The Morgan fingerprint density at radius 1 is 0.816 bits per heavy atom. The predicted octanol–water partition coefficient (Wildman–Crippen LogP) is 5.56. The van der Waals surface area contributed by atoms with Gasteiger partial charge < -0.3 is 20.0 Å². The summed E-state index contributed by atoms with van der Waals surface area (Å²) in [5.41, 5.74) is 3.22. The fourth-order valence-corrected chi connectivity index (χ4v) is 4.16. The molecule has 0 saturated carbocycles. The van der Waals surface area contributed by atoms with Crippen LogP contribution in [0.5, 0.6) is 5.75 Å². The van der Waals surface area contributed by atoms with Crippen molar-refractivity contribution in [3.63, 3.8) is 0 Å². The number of oxime groups is 1. The molecule has 0 radical (unpaired) electrons. The highest BCUT2D eigenvalue weighted by Gasteiger charge is 2.18. The van der Waals surface area contributed by atoms with Crippen LogP contribution >= 0.6 is 0 Å². The van der Waals surface area contributed by atoms with E-state index in [-0.39, 0.29) is 17.6 Å². The molecule has 1 heterocycles. The Balaban J connectivity index is 0.000000599. The molecule has 0 spiro atoms. The first-order valence-corrected chi connectivity index (χ1v) is 12.3.